The maximum absolute atomic E-state index is 15.4. The zero-order valence-corrected chi connectivity index (χ0v) is 20.2. The third kappa shape index (κ3) is 5.24. The van der Waals surface area contributed by atoms with Crippen molar-refractivity contribution in [2.75, 3.05) is 6.61 Å². The zero-order valence-electron chi connectivity index (χ0n) is 20.2. The van der Waals surface area contributed by atoms with Crippen LogP contribution in [-0.2, 0) is 6.61 Å². The van der Waals surface area contributed by atoms with E-state index in [0.717, 1.165) is 27.9 Å². The largest absolute Gasteiger partial charge is 0.737 e. The fraction of sp³-hybridized carbons (Fsp3) is 0.333. The van der Waals surface area contributed by atoms with Gasteiger partial charge >= 0.3 is 6.97 Å². The van der Waals surface area contributed by atoms with Gasteiger partial charge in [-0.2, -0.15) is 5.26 Å². The standard InChI is InChI=1S/C27H30BF2N3O2/c1-3-5-9-21(4-2)19-34-23-10-8-11-24(16-23)35-20-22-13-14-27-25(17-31)26-12-6-7-15-32(26)28(29,30)33(27)18-22/h6-8,10-16,18,21H,3-5,9,19-20H2,1-2H3. The molecule has 0 amide bonds. The quantitative estimate of drug-likeness (QED) is 0.394. The molecule has 4 rings (SSSR count). The smallest absolute Gasteiger partial charge is 0.493 e. The third-order valence-corrected chi connectivity index (χ3v) is 6.46. The van der Waals surface area contributed by atoms with Crippen LogP contribution in [0, 0.1) is 17.2 Å². The molecule has 2 aromatic rings. The second-order valence-corrected chi connectivity index (χ2v) is 8.89. The molecule has 0 bridgehead atoms. The Bertz CT molecular complexity index is 1200. The first kappa shape index (κ1) is 24.5. The Morgan fingerprint density at radius 1 is 1.11 bits per heavy atom. The molecule has 0 radical (unpaired) electrons. The molecule has 1 aromatic heterocycles. The molecule has 1 aromatic carbocycles. The summed E-state index contributed by atoms with van der Waals surface area (Å²) in [6.45, 7) is 1.01. The summed E-state index contributed by atoms with van der Waals surface area (Å²) in [5.41, 5.74) is 1.18. The topological polar surface area (TPSA) is 49.4 Å². The van der Waals surface area contributed by atoms with E-state index in [1.807, 2.05) is 24.3 Å². The van der Waals surface area contributed by atoms with Crippen LogP contribution in [0.5, 0.6) is 11.5 Å². The number of nitrogens with zero attached hydrogens (tertiary/aromatic N) is 3. The van der Waals surface area contributed by atoms with E-state index in [1.165, 1.54) is 37.4 Å². The van der Waals surface area contributed by atoms with Crippen LogP contribution < -0.4 is 14.0 Å². The molecule has 0 spiro atoms. The SMILES string of the molecule is CCCCC(CC)COc1cccc(OCc2ccc3[n+](c2)[B-](F)(F)N2C=CC=CC2=C3C#N)c1. The molecule has 8 heteroatoms. The van der Waals surface area contributed by atoms with E-state index in [2.05, 4.69) is 19.9 Å². The molecule has 1 atom stereocenters. The number of unbranched alkanes of at least 4 members (excludes halogenated alkanes) is 1. The van der Waals surface area contributed by atoms with Crippen LogP contribution in [0.2, 0.25) is 0 Å². The molecule has 1 unspecified atom stereocenters. The number of ether oxygens (including phenoxy) is 2. The van der Waals surface area contributed by atoms with Crippen LogP contribution in [0.25, 0.3) is 5.57 Å². The van der Waals surface area contributed by atoms with E-state index in [9.17, 15) is 5.26 Å². The van der Waals surface area contributed by atoms with Crippen LogP contribution >= 0.6 is 0 Å². The van der Waals surface area contributed by atoms with E-state index < -0.39 is 6.97 Å². The Balaban J connectivity index is 1.47. The average molecular weight is 477 g/mol. The second kappa shape index (κ2) is 10.8. The van der Waals surface area contributed by atoms with Gasteiger partial charge in [-0.1, -0.05) is 45.3 Å². The number of hydrogen-bond donors (Lipinski definition) is 0. The lowest BCUT2D eigenvalue weighted by atomic mass is 9.84. The molecular weight excluding hydrogens is 447 g/mol. The van der Waals surface area contributed by atoms with E-state index >= 15 is 8.63 Å². The molecule has 35 heavy (non-hydrogen) atoms. The van der Waals surface area contributed by atoms with Crippen molar-refractivity contribution >= 4 is 12.5 Å². The number of benzene rings is 1. The van der Waals surface area contributed by atoms with Crippen molar-refractivity contribution in [2.45, 2.75) is 46.1 Å². The van der Waals surface area contributed by atoms with Crippen LogP contribution in [0.15, 0.2) is 72.7 Å². The predicted octanol–water partition coefficient (Wildman–Crippen LogP) is 6.00. The van der Waals surface area contributed by atoms with Gasteiger partial charge in [0.1, 0.15) is 35.9 Å². The van der Waals surface area contributed by atoms with Crippen LogP contribution in [0.3, 0.4) is 0 Å². The molecule has 3 heterocycles. The first-order valence-electron chi connectivity index (χ1n) is 12.2. The van der Waals surface area contributed by atoms with E-state index in [1.54, 1.807) is 18.2 Å². The summed E-state index contributed by atoms with van der Waals surface area (Å²) in [6, 6.07) is 12.8. The van der Waals surface area contributed by atoms with Gasteiger partial charge in [0.05, 0.1) is 6.61 Å². The van der Waals surface area contributed by atoms with Crippen molar-refractivity contribution in [2.24, 2.45) is 5.92 Å². The van der Waals surface area contributed by atoms with Crippen molar-refractivity contribution < 1.29 is 22.6 Å². The number of halogens is 2. The van der Waals surface area contributed by atoms with Crippen LogP contribution in [0.4, 0.5) is 8.63 Å². The fourth-order valence-corrected chi connectivity index (χ4v) is 4.37. The lowest BCUT2D eigenvalue weighted by Crippen LogP contribution is -2.71. The van der Waals surface area contributed by atoms with Crippen molar-refractivity contribution in [3.05, 3.63) is 84.0 Å². The number of aromatic nitrogens is 1. The maximum Gasteiger partial charge on any atom is 0.737 e. The summed E-state index contributed by atoms with van der Waals surface area (Å²) in [4.78, 5) is 0.876. The molecule has 182 valence electrons. The van der Waals surface area contributed by atoms with Crippen molar-refractivity contribution in [3.63, 3.8) is 0 Å². The zero-order chi connectivity index (χ0) is 24.8. The summed E-state index contributed by atoms with van der Waals surface area (Å²) < 4.78 is 43.5. The van der Waals surface area contributed by atoms with Gasteiger partial charge in [-0.3, -0.25) is 0 Å². The molecule has 5 nitrogen and oxygen atoms in total. The predicted molar refractivity (Wildman–Crippen MR) is 132 cm³/mol. The molecule has 2 aliphatic heterocycles. The average Bonchev–Trinajstić information content (AvgIpc) is 2.88. The number of allylic oxidation sites excluding steroid dienone is 4. The Kier molecular flexibility index (Phi) is 7.55. The number of fused-ring (bicyclic) bond motifs is 2. The molecule has 0 saturated heterocycles. The minimum Gasteiger partial charge on any atom is -0.493 e. The van der Waals surface area contributed by atoms with Gasteiger partial charge < -0.3 is 27.4 Å². The van der Waals surface area contributed by atoms with Gasteiger partial charge in [-0.25, -0.2) is 0 Å². The highest BCUT2D eigenvalue weighted by molar-refractivity contribution is 6.55. The van der Waals surface area contributed by atoms with Gasteiger partial charge in [-0.15, -0.1) is 0 Å². The fourth-order valence-electron chi connectivity index (χ4n) is 4.37. The monoisotopic (exact) mass is 477 g/mol. The minimum absolute atomic E-state index is 0.109. The molecule has 0 aliphatic carbocycles. The molecule has 0 N–H and O–H groups in total. The van der Waals surface area contributed by atoms with Crippen molar-refractivity contribution in [1.82, 2.24) is 4.81 Å². The van der Waals surface area contributed by atoms with Gasteiger partial charge in [0.25, 0.3) is 0 Å². The van der Waals surface area contributed by atoms with Gasteiger partial charge in [0.15, 0.2) is 5.69 Å². The van der Waals surface area contributed by atoms with Gasteiger partial charge in [-0.05, 0) is 48.9 Å². The van der Waals surface area contributed by atoms with Gasteiger partial charge in [0, 0.05) is 23.4 Å². The highest BCUT2D eigenvalue weighted by atomic mass is 19.2. The van der Waals surface area contributed by atoms with Crippen molar-refractivity contribution in [3.8, 4) is 17.6 Å². The summed E-state index contributed by atoms with van der Waals surface area (Å²) in [7, 11) is 0. The Hall–Kier alpha value is -3.60. The highest BCUT2D eigenvalue weighted by Crippen LogP contribution is 2.32. The van der Waals surface area contributed by atoms with E-state index in [-0.39, 0.29) is 23.6 Å². The Morgan fingerprint density at radius 2 is 1.91 bits per heavy atom. The lowest BCUT2D eigenvalue weighted by Gasteiger charge is -2.38. The molecule has 0 saturated carbocycles. The molecule has 0 fully saturated rings. The van der Waals surface area contributed by atoms with E-state index in [4.69, 9.17) is 9.47 Å². The third-order valence-electron chi connectivity index (χ3n) is 6.46. The van der Waals surface area contributed by atoms with E-state index in [0.29, 0.717) is 23.8 Å². The second-order valence-electron chi connectivity index (χ2n) is 8.89. The Labute approximate surface area is 205 Å². The lowest BCUT2D eigenvalue weighted by molar-refractivity contribution is -0.578. The first-order chi connectivity index (χ1) is 17.0. The van der Waals surface area contributed by atoms with Crippen LogP contribution in [0.1, 0.15) is 50.8 Å². The summed E-state index contributed by atoms with van der Waals surface area (Å²) in [5, 5.41) is 9.65. The number of rotatable bonds is 10. The van der Waals surface area contributed by atoms with Crippen LogP contribution in [-0.4, -0.2) is 18.4 Å². The summed E-state index contributed by atoms with van der Waals surface area (Å²) >= 11 is 0. The number of hydrogen-bond acceptors (Lipinski definition) is 4. The first-order valence-corrected chi connectivity index (χ1v) is 12.2. The summed E-state index contributed by atoms with van der Waals surface area (Å²) in [5.74, 6) is 1.86. The Morgan fingerprint density at radius 3 is 2.66 bits per heavy atom. The normalized spacial score (nSPS) is 16.4. The highest BCUT2D eigenvalue weighted by Gasteiger charge is 2.53. The number of nitriles is 1. The maximum atomic E-state index is 15.4. The van der Waals surface area contributed by atoms with Gasteiger partial charge in [0.2, 0.25) is 0 Å². The minimum atomic E-state index is -4.14. The molecular formula is C27H30BF2N3O2. The molecule has 2 aliphatic rings. The number of pyridine rings is 1. The summed E-state index contributed by atoms with van der Waals surface area (Å²) in [6.07, 6.45) is 12.0. The van der Waals surface area contributed by atoms with Crippen molar-refractivity contribution in [1.29, 1.82) is 5.26 Å².